The van der Waals surface area contributed by atoms with E-state index in [0.717, 1.165) is 22.1 Å². The first kappa shape index (κ1) is 18.5. The maximum absolute atomic E-state index is 12.0. The van der Waals surface area contributed by atoms with Crippen LogP contribution >= 0.6 is 0 Å². The molecular formula is C20H21N3O4. The van der Waals surface area contributed by atoms with E-state index in [9.17, 15) is 9.59 Å². The SMILES string of the molecule is COc1ccc2cc(CN(C)CC(=O)NNC(=O)c3ccco3)ccc2c1. The zero-order valence-corrected chi connectivity index (χ0v) is 15.2. The Kier molecular flexibility index (Phi) is 5.73. The molecule has 0 saturated carbocycles. The second-order valence-corrected chi connectivity index (χ2v) is 6.20. The fraction of sp³-hybridized carbons (Fsp3) is 0.200. The molecule has 0 unspecified atom stereocenters. The van der Waals surface area contributed by atoms with E-state index in [1.807, 2.05) is 42.3 Å². The quantitative estimate of drug-likeness (QED) is 0.654. The molecule has 0 aliphatic rings. The van der Waals surface area contributed by atoms with Crippen LogP contribution in [0.15, 0.2) is 59.2 Å². The Labute approximate surface area is 156 Å². The molecule has 7 nitrogen and oxygen atoms in total. The fourth-order valence-electron chi connectivity index (χ4n) is 2.75. The number of hydrazine groups is 1. The van der Waals surface area contributed by atoms with Crippen molar-refractivity contribution < 1.29 is 18.7 Å². The molecule has 0 spiro atoms. The van der Waals surface area contributed by atoms with E-state index in [0.29, 0.717) is 6.54 Å². The summed E-state index contributed by atoms with van der Waals surface area (Å²) in [7, 11) is 3.48. The summed E-state index contributed by atoms with van der Waals surface area (Å²) < 4.78 is 10.2. The molecule has 0 fully saturated rings. The van der Waals surface area contributed by atoms with Gasteiger partial charge in [-0.15, -0.1) is 0 Å². The van der Waals surface area contributed by atoms with Gasteiger partial charge in [-0.2, -0.15) is 0 Å². The lowest BCUT2D eigenvalue weighted by Crippen LogP contribution is -2.45. The molecular weight excluding hydrogens is 346 g/mol. The number of rotatable bonds is 6. The van der Waals surface area contributed by atoms with Crippen LogP contribution in [-0.2, 0) is 11.3 Å². The molecule has 140 valence electrons. The number of hydrogen-bond acceptors (Lipinski definition) is 5. The third-order valence-corrected chi connectivity index (χ3v) is 4.04. The summed E-state index contributed by atoms with van der Waals surface area (Å²) in [5.74, 6) is 0.140. The first-order valence-corrected chi connectivity index (χ1v) is 8.43. The van der Waals surface area contributed by atoms with Gasteiger partial charge in [0.1, 0.15) is 5.75 Å². The van der Waals surface area contributed by atoms with Crippen molar-refractivity contribution in [1.29, 1.82) is 0 Å². The van der Waals surface area contributed by atoms with Crippen molar-refractivity contribution in [2.24, 2.45) is 0 Å². The predicted molar refractivity (Wildman–Crippen MR) is 101 cm³/mol. The summed E-state index contributed by atoms with van der Waals surface area (Å²) in [4.78, 5) is 25.6. The number of furan rings is 1. The van der Waals surface area contributed by atoms with Crippen molar-refractivity contribution >= 4 is 22.6 Å². The van der Waals surface area contributed by atoms with Crippen LogP contribution in [0, 0.1) is 0 Å². The van der Waals surface area contributed by atoms with E-state index in [2.05, 4.69) is 16.9 Å². The Hall–Kier alpha value is -3.32. The summed E-state index contributed by atoms with van der Waals surface area (Å²) in [6, 6.07) is 15.2. The Balaban J connectivity index is 1.52. The molecule has 3 rings (SSSR count). The minimum absolute atomic E-state index is 0.136. The highest BCUT2D eigenvalue weighted by atomic mass is 16.5. The molecule has 0 bridgehead atoms. The van der Waals surface area contributed by atoms with Gasteiger partial charge in [-0.1, -0.05) is 18.2 Å². The summed E-state index contributed by atoms with van der Waals surface area (Å²) in [5.41, 5.74) is 5.78. The first-order valence-electron chi connectivity index (χ1n) is 8.43. The molecule has 2 N–H and O–H groups in total. The van der Waals surface area contributed by atoms with Gasteiger partial charge in [0.25, 0.3) is 5.91 Å². The van der Waals surface area contributed by atoms with Gasteiger partial charge in [-0.25, -0.2) is 0 Å². The molecule has 0 aliphatic heterocycles. The van der Waals surface area contributed by atoms with E-state index in [1.165, 1.54) is 12.3 Å². The first-order chi connectivity index (χ1) is 13.0. The number of nitrogens with one attached hydrogen (secondary N) is 2. The second kappa shape index (κ2) is 8.37. The van der Waals surface area contributed by atoms with Crippen LogP contribution in [-0.4, -0.2) is 37.4 Å². The highest BCUT2D eigenvalue weighted by Gasteiger charge is 2.11. The molecule has 0 aliphatic carbocycles. The van der Waals surface area contributed by atoms with Gasteiger partial charge in [-0.3, -0.25) is 25.3 Å². The minimum atomic E-state index is -0.499. The lowest BCUT2D eigenvalue weighted by atomic mass is 10.1. The van der Waals surface area contributed by atoms with E-state index >= 15 is 0 Å². The predicted octanol–water partition coefficient (Wildman–Crippen LogP) is 2.33. The highest BCUT2D eigenvalue weighted by molar-refractivity contribution is 5.93. The monoisotopic (exact) mass is 367 g/mol. The van der Waals surface area contributed by atoms with Gasteiger partial charge in [0.2, 0.25) is 0 Å². The third kappa shape index (κ3) is 4.86. The highest BCUT2D eigenvalue weighted by Crippen LogP contribution is 2.22. The molecule has 27 heavy (non-hydrogen) atoms. The minimum Gasteiger partial charge on any atom is -0.497 e. The van der Waals surface area contributed by atoms with Gasteiger partial charge in [-0.05, 0) is 53.7 Å². The molecule has 2 aromatic carbocycles. The van der Waals surface area contributed by atoms with Gasteiger partial charge >= 0.3 is 5.91 Å². The molecule has 1 aromatic heterocycles. The topological polar surface area (TPSA) is 83.8 Å². The van der Waals surface area contributed by atoms with Gasteiger partial charge in [0.05, 0.1) is 19.9 Å². The van der Waals surface area contributed by atoms with Crippen LogP contribution in [0.1, 0.15) is 16.1 Å². The number of likely N-dealkylation sites (N-methyl/N-ethyl adjacent to an activating group) is 1. The number of carbonyl (C=O) groups is 2. The number of amides is 2. The zero-order chi connectivity index (χ0) is 19.2. The summed E-state index contributed by atoms with van der Waals surface area (Å²) in [5, 5.41) is 2.20. The Morgan fingerprint density at radius 1 is 1.07 bits per heavy atom. The third-order valence-electron chi connectivity index (χ3n) is 4.04. The van der Waals surface area contributed by atoms with Crippen molar-refractivity contribution in [2.45, 2.75) is 6.54 Å². The van der Waals surface area contributed by atoms with Crippen LogP contribution in [0.4, 0.5) is 0 Å². The maximum atomic E-state index is 12.0. The number of methoxy groups -OCH3 is 1. The smallest absolute Gasteiger partial charge is 0.305 e. The Morgan fingerprint density at radius 3 is 2.59 bits per heavy atom. The number of carbonyl (C=O) groups excluding carboxylic acids is 2. The van der Waals surface area contributed by atoms with Crippen LogP contribution in [0.25, 0.3) is 10.8 Å². The number of nitrogens with zero attached hydrogens (tertiary/aromatic N) is 1. The van der Waals surface area contributed by atoms with E-state index in [1.54, 1.807) is 13.2 Å². The van der Waals surface area contributed by atoms with Gasteiger partial charge in [0, 0.05) is 6.54 Å². The lowest BCUT2D eigenvalue weighted by Gasteiger charge is -2.17. The summed E-state index contributed by atoms with van der Waals surface area (Å²) in [6.07, 6.45) is 1.39. The molecule has 2 amide bonds. The van der Waals surface area contributed by atoms with Gasteiger partial charge < -0.3 is 9.15 Å². The van der Waals surface area contributed by atoms with Crippen molar-refractivity contribution in [2.75, 3.05) is 20.7 Å². The number of hydrogen-bond donors (Lipinski definition) is 2. The lowest BCUT2D eigenvalue weighted by molar-refractivity contribution is -0.122. The molecule has 7 heteroatoms. The van der Waals surface area contributed by atoms with E-state index < -0.39 is 5.91 Å². The molecule has 3 aromatic rings. The normalized spacial score (nSPS) is 10.8. The molecule has 1 heterocycles. The molecule has 0 radical (unpaired) electrons. The van der Waals surface area contributed by atoms with Gasteiger partial charge in [0.15, 0.2) is 5.76 Å². The number of benzene rings is 2. The van der Waals surface area contributed by atoms with Crippen molar-refractivity contribution in [3.63, 3.8) is 0 Å². The molecule has 0 atom stereocenters. The Morgan fingerprint density at radius 2 is 1.85 bits per heavy atom. The average Bonchev–Trinajstić information content (AvgIpc) is 3.20. The van der Waals surface area contributed by atoms with E-state index in [4.69, 9.17) is 9.15 Å². The second-order valence-electron chi connectivity index (χ2n) is 6.20. The fourth-order valence-corrected chi connectivity index (χ4v) is 2.75. The summed E-state index contributed by atoms with van der Waals surface area (Å²) >= 11 is 0. The zero-order valence-electron chi connectivity index (χ0n) is 15.2. The van der Waals surface area contributed by atoms with E-state index in [-0.39, 0.29) is 18.2 Å². The summed E-state index contributed by atoms with van der Waals surface area (Å²) in [6.45, 7) is 0.737. The largest absolute Gasteiger partial charge is 0.497 e. The standard InChI is InChI=1S/C20H21N3O4/c1-23(13-19(24)21-22-20(25)18-4-3-9-27-18)12-14-5-6-16-11-17(26-2)8-7-15(16)10-14/h3-11H,12-13H2,1-2H3,(H,21,24)(H,22,25). The van der Waals surface area contributed by atoms with Crippen molar-refractivity contribution in [3.05, 3.63) is 66.1 Å². The average molecular weight is 367 g/mol. The van der Waals surface area contributed by atoms with Crippen molar-refractivity contribution in [1.82, 2.24) is 15.8 Å². The molecule has 0 saturated heterocycles. The Bertz CT molecular complexity index is 938. The maximum Gasteiger partial charge on any atom is 0.305 e. The van der Waals surface area contributed by atoms with Crippen LogP contribution < -0.4 is 15.6 Å². The number of fused-ring (bicyclic) bond motifs is 1. The van der Waals surface area contributed by atoms with Crippen LogP contribution in [0.2, 0.25) is 0 Å². The van der Waals surface area contributed by atoms with Crippen LogP contribution in [0.5, 0.6) is 5.75 Å². The van der Waals surface area contributed by atoms with Crippen molar-refractivity contribution in [3.8, 4) is 5.75 Å². The van der Waals surface area contributed by atoms with Crippen LogP contribution in [0.3, 0.4) is 0 Å². The number of ether oxygens (including phenoxy) is 1.